The fourth-order valence-corrected chi connectivity index (χ4v) is 1.54. The summed E-state index contributed by atoms with van der Waals surface area (Å²) in [5.74, 6) is 0.639. The van der Waals surface area contributed by atoms with Gasteiger partial charge in [0.15, 0.2) is 5.82 Å². The zero-order valence-corrected chi connectivity index (χ0v) is 9.51. The smallest absolute Gasteiger partial charge is 0.175 e. The second kappa shape index (κ2) is 4.58. The first-order valence-corrected chi connectivity index (χ1v) is 5.21. The van der Waals surface area contributed by atoms with E-state index in [9.17, 15) is 0 Å². The van der Waals surface area contributed by atoms with Gasteiger partial charge in [-0.05, 0) is 17.7 Å². The third kappa shape index (κ3) is 2.55. The van der Waals surface area contributed by atoms with E-state index in [0.29, 0.717) is 17.9 Å². The van der Waals surface area contributed by atoms with Crippen molar-refractivity contribution < 1.29 is 0 Å². The van der Waals surface area contributed by atoms with E-state index in [1.165, 1.54) is 0 Å². The molecule has 0 aliphatic carbocycles. The first kappa shape index (κ1) is 11.0. The Morgan fingerprint density at radius 3 is 2.65 bits per heavy atom. The summed E-state index contributed by atoms with van der Waals surface area (Å²) in [6, 6.07) is 9.73. The summed E-state index contributed by atoms with van der Waals surface area (Å²) in [5, 5.41) is 15.9. The van der Waals surface area contributed by atoms with E-state index in [1.807, 2.05) is 31.3 Å². The minimum atomic E-state index is 0.423. The molecule has 0 saturated heterocycles. The molecule has 1 aromatic heterocycles. The molecule has 5 heteroatoms. The number of aryl methyl sites for hydroxylation is 1. The number of rotatable bonds is 3. The Kier molecular flexibility index (Phi) is 2.97. The van der Waals surface area contributed by atoms with Crippen molar-refractivity contribution in [1.29, 1.82) is 5.26 Å². The van der Waals surface area contributed by atoms with Crippen LogP contribution < -0.4 is 11.1 Å². The van der Waals surface area contributed by atoms with Gasteiger partial charge in [-0.25, -0.2) is 0 Å². The molecular formula is C12H13N5. The average Bonchev–Trinajstić information content (AvgIpc) is 2.61. The van der Waals surface area contributed by atoms with Gasteiger partial charge in [0, 0.05) is 18.9 Å². The van der Waals surface area contributed by atoms with Crippen molar-refractivity contribution in [1.82, 2.24) is 9.78 Å². The van der Waals surface area contributed by atoms with Gasteiger partial charge in [0.05, 0.1) is 18.2 Å². The monoisotopic (exact) mass is 227 g/mol. The van der Waals surface area contributed by atoms with Gasteiger partial charge < -0.3 is 11.1 Å². The molecule has 1 heterocycles. The lowest BCUT2D eigenvalue weighted by molar-refractivity contribution is 0.771. The number of aromatic nitrogens is 2. The van der Waals surface area contributed by atoms with E-state index in [2.05, 4.69) is 16.5 Å². The minimum Gasteiger partial charge on any atom is -0.394 e. The third-order valence-electron chi connectivity index (χ3n) is 2.36. The van der Waals surface area contributed by atoms with Gasteiger partial charge in [-0.1, -0.05) is 12.1 Å². The van der Waals surface area contributed by atoms with Crippen LogP contribution in [0.25, 0.3) is 0 Å². The first-order valence-electron chi connectivity index (χ1n) is 5.21. The molecule has 0 aliphatic heterocycles. The Labute approximate surface area is 99.5 Å². The largest absolute Gasteiger partial charge is 0.394 e. The molecule has 86 valence electrons. The summed E-state index contributed by atoms with van der Waals surface area (Å²) in [7, 11) is 1.82. The van der Waals surface area contributed by atoms with Gasteiger partial charge in [0.25, 0.3) is 0 Å². The third-order valence-corrected chi connectivity index (χ3v) is 2.36. The molecule has 0 amide bonds. The SMILES string of the molecule is Cn1cc(N)c(Nc2ccc(CC#N)cc2)n1. The van der Waals surface area contributed by atoms with Crippen LogP contribution in [0.5, 0.6) is 0 Å². The number of benzene rings is 1. The minimum absolute atomic E-state index is 0.423. The molecule has 17 heavy (non-hydrogen) atoms. The fraction of sp³-hybridized carbons (Fsp3) is 0.167. The number of nitriles is 1. The van der Waals surface area contributed by atoms with Crippen LogP contribution in [0.15, 0.2) is 30.5 Å². The highest BCUT2D eigenvalue weighted by Gasteiger charge is 2.03. The zero-order chi connectivity index (χ0) is 12.3. The van der Waals surface area contributed by atoms with Crippen LogP contribution in [0.2, 0.25) is 0 Å². The standard InChI is InChI=1S/C12H13N5/c1-17-8-11(14)12(16-17)15-10-4-2-9(3-5-10)6-7-13/h2-5,8H,6,14H2,1H3,(H,15,16). The van der Waals surface area contributed by atoms with Gasteiger partial charge >= 0.3 is 0 Å². The van der Waals surface area contributed by atoms with E-state index in [4.69, 9.17) is 11.0 Å². The molecule has 0 fully saturated rings. The van der Waals surface area contributed by atoms with Crippen LogP contribution in [0.1, 0.15) is 5.56 Å². The van der Waals surface area contributed by atoms with Gasteiger partial charge in [0.1, 0.15) is 0 Å². The predicted molar refractivity (Wildman–Crippen MR) is 66.7 cm³/mol. The lowest BCUT2D eigenvalue weighted by atomic mass is 10.1. The van der Waals surface area contributed by atoms with Crippen LogP contribution in [0, 0.1) is 11.3 Å². The summed E-state index contributed by atoms with van der Waals surface area (Å²) < 4.78 is 1.65. The lowest BCUT2D eigenvalue weighted by Crippen LogP contribution is -1.96. The van der Waals surface area contributed by atoms with E-state index in [0.717, 1.165) is 11.3 Å². The van der Waals surface area contributed by atoms with Crippen molar-refractivity contribution in [2.75, 3.05) is 11.1 Å². The normalized spacial score (nSPS) is 9.88. The summed E-state index contributed by atoms with van der Waals surface area (Å²) in [5.41, 5.74) is 8.28. The second-order valence-corrected chi connectivity index (χ2v) is 3.76. The highest BCUT2D eigenvalue weighted by molar-refractivity contribution is 5.68. The summed E-state index contributed by atoms with van der Waals surface area (Å²) in [4.78, 5) is 0. The van der Waals surface area contributed by atoms with Crippen LogP contribution >= 0.6 is 0 Å². The number of nitrogens with two attached hydrogens (primary N) is 1. The van der Waals surface area contributed by atoms with E-state index in [-0.39, 0.29) is 0 Å². The van der Waals surface area contributed by atoms with E-state index < -0.39 is 0 Å². The number of hydrogen-bond acceptors (Lipinski definition) is 4. The molecule has 0 atom stereocenters. The van der Waals surface area contributed by atoms with Crippen molar-refractivity contribution in [3.8, 4) is 6.07 Å². The van der Waals surface area contributed by atoms with Crippen molar-refractivity contribution >= 4 is 17.2 Å². The van der Waals surface area contributed by atoms with Crippen molar-refractivity contribution in [2.24, 2.45) is 7.05 Å². The van der Waals surface area contributed by atoms with Gasteiger partial charge in [-0.2, -0.15) is 10.4 Å². The number of nitrogens with zero attached hydrogens (tertiary/aromatic N) is 3. The Morgan fingerprint density at radius 2 is 2.12 bits per heavy atom. The number of nitrogens with one attached hydrogen (secondary N) is 1. The van der Waals surface area contributed by atoms with Gasteiger partial charge in [-0.15, -0.1) is 0 Å². The summed E-state index contributed by atoms with van der Waals surface area (Å²) >= 11 is 0. The van der Waals surface area contributed by atoms with Crippen molar-refractivity contribution in [3.05, 3.63) is 36.0 Å². The van der Waals surface area contributed by atoms with Crippen LogP contribution in [-0.4, -0.2) is 9.78 Å². The van der Waals surface area contributed by atoms with E-state index in [1.54, 1.807) is 10.9 Å². The molecule has 0 saturated carbocycles. The quantitative estimate of drug-likeness (QED) is 0.838. The molecule has 2 aromatic rings. The van der Waals surface area contributed by atoms with Crippen LogP contribution in [-0.2, 0) is 13.5 Å². The van der Waals surface area contributed by atoms with Crippen molar-refractivity contribution in [2.45, 2.75) is 6.42 Å². The highest BCUT2D eigenvalue weighted by atomic mass is 15.3. The van der Waals surface area contributed by atoms with Crippen LogP contribution in [0.3, 0.4) is 0 Å². The first-order chi connectivity index (χ1) is 8.19. The maximum Gasteiger partial charge on any atom is 0.175 e. The Morgan fingerprint density at radius 1 is 1.41 bits per heavy atom. The van der Waals surface area contributed by atoms with Gasteiger partial charge in [-0.3, -0.25) is 4.68 Å². The Balaban J connectivity index is 2.14. The summed E-state index contributed by atoms with van der Waals surface area (Å²) in [6.07, 6.45) is 2.17. The molecule has 0 radical (unpaired) electrons. The average molecular weight is 227 g/mol. The molecular weight excluding hydrogens is 214 g/mol. The molecule has 2 rings (SSSR count). The topological polar surface area (TPSA) is 79.7 Å². The fourth-order valence-electron chi connectivity index (χ4n) is 1.54. The van der Waals surface area contributed by atoms with Gasteiger partial charge in [0.2, 0.25) is 0 Å². The maximum atomic E-state index is 8.57. The maximum absolute atomic E-state index is 8.57. The number of hydrogen-bond donors (Lipinski definition) is 2. The highest BCUT2D eigenvalue weighted by Crippen LogP contribution is 2.20. The molecule has 3 N–H and O–H groups in total. The molecule has 0 unspecified atom stereocenters. The number of nitrogen functional groups attached to an aromatic ring is 1. The molecule has 5 nitrogen and oxygen atoms in total. The molecule has 0 spiro atoms. The van der Waals surface area contributed by atoms with Crippen LogP contribution in [0.4, 0.5) is 17.2 Å². The molecule has 1 aromatic carbocycles. The molecule has 0 bridgehead atoms. The summed E-state index contributed by atoms with van der Waals surface area (Å²) in [6.45, 7) is 0. The zero-order valence-electron chi connectivity index (χ0n) is 9.51. The Bertz CT molecular complexity index is 547. The number of anilines is 3. The Hall–Kier alpha value is -2.48. The predicted octanol–water partition coefficient (Wildman–Crippen LogP) is 1.81. The van der Waals surface area contributed by atoms with E-state index >= 15 is 0 Å². The molecule has 0 aliphatic rings. The second-order valence-electron chi connectivity index (χ2n) is 3.76. The van der Waals surface area contributed by atoms with Crippen molar-refractivity contribution in [3.63, 3.8) is 0 Å². The lowest BCUT2D eigenvalue weighted by Gasteiger charge is -2.04.